The molecule has 5 aliphatic heterocycles. The van der Waals surface area contributed by atoms with Gasteiger partial charge in [0.15, 0.2) is 0 Å². The van der Waals surface area contributed by atoms with Gasteiger partial charge in [0.1, 0.15) is 6.04 Å². The fraction of sp³-hybridized carbons (Fsp3) is 0.516. The molecule has 0 aliphatic carbocycles. The maximum Gasteiger partial charge on any atom is 0.255 e. The number of hydrogen-bond acceptors (Lipinski definition) is 7. The average molecular weight is 544 g/mol. The Balaban J connectivity index is 0.932. The molecule has 210 valence electrons. The van der Waals surface area contributed by atoms with Gasteiger partial charge in [-0.15, -0.1) is 0 Å². The van der Waals surface area contributed by atoms with Crippen LogP contribution in [0.1, 0.15) is 47.2 Å². The third kappa shape index (κ3) is 4.75. The van der Waals surface area contributed by atoms with Crippen LogP contribution in [0.5, 0.6) is 0 Å². The Morgan fingerprint density at radius 2 is 1.68 bits per heavy atom. The number of nitrogens with zero attached hydrogens (tertiary/aromatic N) is 4. The quantitative estimate of drug-likeness (QED) is 0.580. The van der Waals surface area contributed by atoms with Crippen molar-refractivity contribution >= 4 is 29.1 Å². The number of amides is 3. The molecule has 3 amide bonds. The zero-order valence-corrected chi connectivity index (χ0v) is 22.9. The zero-order valence-electron chi connectivity index (χ0n) is 22.9. The van der Waals surface area contributed by atoms with Gasteiger partial charge < -0.3 is 19.4 Å². The van der Waals surface area contributed by atoms with Crippen molar-refractivity contribution in [2.45, 2.75) is 44.8 Å². The molecule has 1 unspecified atom stereocenters. The predicted octanol–water partition coefficient (Wildman–Crippen LogP) is 2.39. The van der Waals surface area contributed by atoms with Crippen LogP contribution in [-0.2, 0) is 27.4 Å². The molecule has 4 fully saturated rings. The van der Waals surface area contributed by atoms with Crippen molar-refractivity contribution in [2.75, 3.05) is 62.3 Å². The SMILES string of the molecule is O=C1CCC(N2Cc3cc(N4CC5(CCN(Cc6cccc(N7CCOCC7)c6)CC5)C4)ccc3C2=O)C(=O)N1. The minimum absolute atomic E-state index is 0.112. The van der Waals surface area contributed by atoms with Crippen molar-refractivity contribution in [1.29, 1.82) is 0 Å². The molecule has 5 aliphatic rings. The normalized spacial score (nSPS) is 24.8. The molecule has 4 saturated heterocycles. The lowest BCUT2D eigenvalue weighted by Gasteiger charge is -2.55. The summed E-state index contributed by atoms with van der Waals surface area (Å²) >= 11 is 0. The molecule has 0 bridgehead atoms. The predicted molar refractivity (Wildman–Crippen MR) is 151 cm³/mol. The van der Waals surface area contributed by atoms with Crippen molar-refractivity contribution in [2.24, 2.45) is 5.41 Å². The van der Waals surface area contributed by atoms with E-state index in [1.807, 2.05) is 12.1 Å². The maximum absolute atomic E-state index is 13.0. The first-order valence-electron chi connectivity index (χ1n) is 14.6. The molecule has 0 saturated carbocycles. The molecular formula is C31H37N5O4. The Morgan fingerprint density at radius 1 is 0.900 bits per heavy atom. The van der Waals surface area contributed by atoms with E-state index < -0.39 is 6.04 Å². The van der Waals surface area contributed by atoms with Gasteiger partial charge >= 0.3 is 0 Å². The van der Waals surface area contributed by atoms with Gasteiger partial charge in [0, 0.05) is 68.0 Å². The van der Waals surface area contributed by atoms with Crippen LogP contribution in [0.25, 0.3) is 0 Å². The second-order valence-corrected chi connectivity index (χ2v) is 12.1. The number of anilines is 2. The van der Waals surface area contributed by atoms with Gasteiger partial charge in [-0.1, -0.05) is 12.1 Å². The summed E-state index contributed by atoms with van der Waals surface area (Å²) in [6.45, 7) is 9.31. The van der Waals surface area contributed by atoms with E-state index in [0.717, 1.165) is 70.3 Å². The highest BCUT2D eigenvalue weighted by Crippen LogP contribution is 2.43. The second kappa shape index (κ2) is 10.2. The van der Waals surface area contributed by atoms with Crippen LogP contribution < -0.4 is 15.1 Å². The lowest BCUT2D eigenvalue weighted by molar-refractivity contribution is -0.136. The van der Waals surface area contributed by atoms with E-state index in [9.17, 15) is 14.4 Å². The number of rotatable bonds is 5. The van der Waals surface area contributed by atoms with Crippen LogP contribution >= 0.6 is 0 Å². The number of fused-ring (bicyclic) bond motifs is 1. The number of benzene rings is 2. The summed E-state index contributed by atoms with van der Waals surface area (Å²) in [5, 5.41) is 2.38. The maximum atomic E-state index is 13.0. The standard InChI is InChI=1S/C31H37N5O4/c37-28-7-6-27(29(38)32-28)36-19-23-17-25(4-5-26(23)30(36)39)35-20-31(21-35)8-10-33(11-9-31)18-22-2-1-3-24(16-22)34-12-14-40-15-13-34/h1-5,16-17,27H,6-15,18-21H2,(H,32,37,38). The largest absolute Gasteiger partial charge is 0.378 e. The highest BCUT2D eigenvalue weighted by molar-refractivity contribution is 6.05. The molecule has 2 aromatic rings. The fourth-order valence-corrected chi connectivity index (χ4v) is 7.14. The van der Waals surface area contributed by atoms with E-state index in [4.69, 9.17) is 4.74 Å². The van der Waals surface area contributed by atoms with Gasteiger partial charge in [-0.05, 0) is 73.8 Å². The first-order valence-corrected chi connectivity index (χ1v) is 14.6. The number of carbonyl (C=O) groups is 3. The van der Waals surface area contributed by atoms with E-state index in [0.29, 0.717) is 23.9 Å². The Hall–Kier alpha value is -3.43. The van der Waals surface area contributed by atoms with E-state index in [1.165, 1.54) is 24.1 Å². The Labute approximate surface area is 235 Å². The van der Waals surface area contributed by atoms with E-state index in [2.05, 4.69) is 50.3 Å². The minimum Gasteiger partial charge on any atom is -0.378 e. The zero-order chi connectivity index (χ0) is 27.3. The van der Waals surface area contributed by atoms with Crippen LogP contribution in [0.2, 0.25) is 0 Å². The molecule has 9 heteroatoms. The molecule has 1 atom stereocenters. The molecule has 40 heavy (non-hydrogen) atoms. The van der Waals surface area contributed by atoms with Crippen molar-refractivity contribution in [1.82, 2.24) is 15.1 Å². The highest BCUT2D eigenvalue weighted by Gasteiger charge is 2.45. The third-order valence-electron chi connectivity index (χ3n) is 9.53. The molecule has 7 rings (SSSR count). The monoisotopic (exact) mass is 543 g/mol. The summed E-state index contributed by atoms with van der Waals surface area (Å²) in [5.41, 5.74) is 5.87. The van der Waals surface area contributed by atoms with Gasteiger partial charge in [0.2, 0.25) is 11.8 Å². The summed E-state index contributed by atoms with van der Waals surface area (Å²) in [4.78, 5) is 46.0. The summed E-state index contributed by atoms with van der Waals surface area (Å²) in [6, 6.07) is 14.5. The molecule has 0 aromatic heterocycles. The lowest BCUT2D eigenvalue weighted by atomic mass is 9.71. The Kier molecular flexibility index (Phi) is 6.51. The lowest BCUT2D eigenvalue weighted by Crippen LogP contribution is -2.60. The van der Waals surface area contributed by atoms with Crippen molar-refractivity contribution in [3.63, 3.8) is 0 Å². The first-order chi connectivity index (χ1) is 19.5. The van der Waals surface area contributed by atoms with Crippen LogP contribution in [0.4, 0.5) is 11.4 Å². The number of hydrogen-bond donors (Lipinski definition) is 1. The van der Waals surface area contributed by atoms with Gasteiger partial charge in [-0.2, -0.15) is 0 Å². The number of ether oxygens (including phenoxy) is 1. The number of morpholine rings is 1. The molecule has 5 heterocycles. The van der Waals surface area contributed by atoms with Crippen molar-refractivity contribution < 1.29 is 19.1 Å². The van der Waals surface area contributed by atoms with Crippen LogP contribution in [0, 0.1) is 5.41 Å². The van der Waals surface area contributed by atoms with Gasteiger partial charge in [0.05, 0.1) is 13.2 Å². The van der Waals surface area contributed by atoms with Crippen molar-refractivity contribution in [3.05, 3.63) is 59.2 Å². The fourth-order valence-electron chi connectivity index (χ4n) is 7.14. The summed E-state index contributed by atoms with van der Waals surface area (Å²) in [5.74, 6) is -0.735. The minimum atomic E-state index is -0.569. The molecule has 1 spiro atoms. The molecule has 1 N–H and O–H groups in total. The average Bonchev–Trinajstić information content (AvgIpc) is 3.28. The summed E-state index contributed by atoms with van der Waals surface area (Å²) in [6.07, 6.45) is 3.08. The number of likely N-dealkylation sites (tertiary alicyclic amines) is 1. The van der Waals surface area contributed by atoms with Crippen LogP contribution in [0.15, 0.2) is 42.5 Å². The number of imide groups is 1. The molecule has 0 radical (unpaired) electrons. The number of nitrogens with one attached hydrogen (secondary N) is 1. The van der Waals surface area contributed by atoms with Gasteiger partial charge in [-0.3, -0.25) is 24.6 Å². The topological polar surface area (TPSA) is 85.4 Å². The highest BCUT2D eigenvalue weighted by atomic mass is 16.5. The second-order valence-electron chi connectivity index (χ2n) is 12.1. The summed E-state index contributed by atoms with van der Waals surface area (Å²) in [7, 11) is 0. The van der Waals surface area contributed by atoms with E-state index >= 15 is 0 Å². The first kappa shape index (κ1) is 25.5. The van der Waals surface area contributed by atoms with Gasteiger partial charge in [-0.25, -0.2) is 0 Å². The number of piperidine rings is 2. The number of carbonyl (C=O) groups excluding carboxylic acids is 3. The van der Waals surface area contributed by atoms with Crippen molar-refractivity contribution in [3.8, 4) is 0 Å². The molecule has 9 nitrogen and oxygen atoms in total. The Bertz CT molecular complexity index is 1320. The van der Waals surface area contributed by atoms with Crippen LogP contribution in [0.3, 0.4) is 0 Å². The Morgan fingerprint density at radius 3 is 2.45 bits per heavy atom. The van der Waals surface area contributed by atoms with Gasteiger partial charge in [0.25, 0.3) is 5.91 Å². The smallest absolute Gasteiger partial charge is 0.255 e. The van der Waals surface area contributed by atoms with E-state index in [-0.39, 0.29) is 24.1 Å². The molecular weight excluding hydrogens is 506 g/mol. The van der Waals surface area contributed by atoms with E-state index in [1.54, 1.807) is 4.90 Å². The molecule has 2 aromatic carbocycles. The van der Waals surface area contributed by atoms with Crippen LogP contribution in [-0.4, -0.2) is 86.0 Å². The summed E-state index contributed by atoms with van der Waals surface area (Å²) < 4.78 is 5.51. The third-order valence-corrected chi connectivity index (χ3v) is 9.53.